The maximum absolute atomic E-state index is 13.4. The average Bonchev–Trinajstić information content (AvgIpc) is 2.82. The molecule has 1 aromatic carbocycles. The highest BCUT2D eigenvalue weighted by Crippen LogP contribution is 2.17. The first-order valence-electron chi connectivity index (χ1n) is 5.76. The molecule has 1 fully saturated rings. The average molecular weight is 271 g/mol. The van der Waals surface area contributed by atoms with E-state index in [9.17, 15) is 17.6 Å². The fourth-order valence-corrected chi connectivity index (χ4v) is 3.31. The van der Waals surface area contributed by atoms with Gasteiger partial charge in [-0.2, -0.15) is 0 Å². The van der Waals surface area contributed by atoms with Crippen LogP contribution in [0.25, 0.3) is 0 Å². The van der Waals surface area contributed by atoms with E-state index in [0.29, 0.717) is 13.1 Å². The van der Waals surface area contributed by atoms with Crippen LogP contribution in [0.3, 0.4) is 0 Å². The summed E-state index contributed by atoms with van der Waals surface area (Å²) in [6.07, 6.45) is 1.79. The van der Waals surface area contributed by atoms with Gasteiger partial charge in [0, 0.05) is 13.1 Å². The van der Waals surface area contributed by atoms with Crippen LogP contribution in [-0.4, -0.2) is 38.1 Å². The Hall–Kier alpha value is -1.43. The standard InChI is InChI=1S/C12H14FNO3S/c13-10-5-1-2-6-11(10)18(16,17)9-12(15)14-7-3-4-8-14/h1-2,5-6H,3-4,7-9H2. The lowest BCUT2D eigenvalue weighted by atomic mass is 10.3. The molecule has 1 aliphatic rings. The van der Waals surface area contributed by atoms with E-state index in [-0.39, 0.29) is 0 Å². The van der Waals surface area contributed by atoms with Gasteiger partial charge < -0.3 is 4.90 Å². The first-order chi connectivity index (χ1) is 8.50. The molecule has 1 aromatic rings. The van der Waals surface area contributed by atoms with Crippen molar-refractivity contribution < 1.29 is 17.6 Å². The number of benzene rings is 1. The van der Waals surface area contributed by atoms with Gasteiger partial charge in [0.1, 0.15) is 16.5 Å². The molecule has 0 unspecified atom stereocenters. The Morgan fingerprint density at radius 3 is 2.44 bits per heavy atom. The van der Waals surface area contributed by atoms with Gasteiger partial charge in [-0.15, -0.1) is 0 Å². The van der Waals surface area contributed by atoms with Crippen molar-refractivity contribution in [2.45, 2.75) is 17.7 Å². The van der Waals surface area contributed by atoms with Crippen LogP contribution in [0.4, 0.5) is 4.39 Å². The first kappa shape index (κ1) is 13.0. The van der Waals surface area contributed by atoms with E-state index >= 15 is 0 Å². The summed E-state index contributed by atoms with van der Waals surface area (Å²) in [5.41, 5.74) is 0. The molecule has 0 saturated carbocycles. The van der Waals surface area contributed by atoms with Gasteiger partial charge in [0.05, 0.1) is 0 Å². The third-order valence-electron chi connectivity index (χ3n) is 2.94. The molecule has 1 aliphatic heterocycles. The molecule has 0 N–H and O–H groups in total. The largest absolute Gasteiger partial charge is 0.342 e. The number of hydrogen-bond donors (Lipinski definition) is 0. The Kier molecular flexibility index (Phi) is 3.65. The molecule has 0 atom stereocenters. The van der Waals surface area contributed by atoms with E-state index in [1.807, 2.05) is 0 Å². The number of likely N-dealkylation sites (tertiary alicyclic amines) is 1. The fourth-order valence-electron chi connectivity index (χ4n) is 2.00. The SMILES string of the molecule is O=C(CS(=O)(=O)c1ccccc1F)N1CCCC1. The normalized spacial score (nSPS) is 15.9. The summed E-state index contributed by atoms with van der Waals surface area (Å²) in [7, 11) is -3.89. The van der Waals surface area contributed by atoms with Crippen LogP contribution in [0.2, 0.25) is 0 Å². The Morgan fingerprint density at radius 1 is 1.22 bits per heavy atom. The summed E-state index contributed by atoms with van der Waals surface area (Å²) in [6.45, 7) is 1.18. The topological polar surface area (TPSA) is 54.5 Å². The Morgan fingerprint density at radius 2 is 1.83 bits per heavy atom. The second-order valence-corrected chi connectivity index (χ2v) is 6.24. The number of hydrogen-bond acceptors (Lipinski definition) is 3. The molecule has 0 bridgehead atoms. The minimum Gasteiger partial charge on any atom is -0.342 e. The monoisotopic (exact) mass is 271 g/mol. The molecule has 0 aliphatic carbocycles. The summed E-state index contributed by atoms with van der Waals surface area (Å²) in [6, 6.07) is 5.11. The van der Waals surface area contributed by atoms with Crippen molar-refractivity contribution in [3.8, 4) is 0 Å². The zero-order chi connectivity index (χ0) is 13.2. The summed E-state index contributed by atoms with van der Waals surface area (Å²) < 4.78 is 37.3. The van der Waals surface area contributed by atoms with Gasteiger partial charge in [-0.25, -0.2) is 12.8 Å². The van der Waals surface area contributed by atoms with Crippen LogP contribution in [0.5, 0.6) is 0 Å². The van der Waals surface area contributed by atoms with Gasteiger partial charge in [-0.1, -0.05) is 12.1 Å². The zero-order valence-corrected chi connectivity index (χ0v) is 10.6. The molecule has 0 radical (unpaired) electrons. The van der Waals surface area contributed by atoms with Gasteiger partial charge in [-0.05, 0) is 25.0 Å². The lowest BCUT2D eigenvalue weighted by Gasteiger charge is -2.15. The zero-order valence-electron chi connectivity index (χ0n) is 9.80. The van der Waals surface area contributed by atoms with Crippen molar-refractivity contribution in [2.75, 3.05) is 18.8 Å². The Bertz CT molecular complexity index is 550. The number of rotatable bonds is 3. The van der Waals surface area contributed by atoms with Crippen LogP contribution >= 0.6 is 0 Å². The molecule has 18 heavy (non-hydrogen) atoms. The fraction of sp³-hybridized carbons (Fsp3) is 0.417. The summed E-state index contributed by atoms with van der Waals surface area (Å²) >= 11 is 0. The molecule has 4 nitrogen and oxygen atoms in total. The van der Waals surface area contributed by atoms with Gasteiger partial charge in [0.25, 0.3) is 0 Å². The van der Waals surface area contributed by atoms with E-state index in [0.717, 1.165) is 18.9 Å². The molecule has 0 spiro atoms. The predicted molar refractivity (Wildman–Crippen MR) is 64.3 cm³/mol. The number of carbonyl (C=O) groups is 1. The lowest BCUT2D eigenvalue weighted by Crippen LogP contribution is -2.33. The maximum Gasteiger partial charge on any atom is 0.238 e. The van der Waals surface area contributed by atoms with Gasteiger partial charge in [0.2, 0.25) is 5.91 Å². The van der Waals surface area contributed by atoms with E-state index < -0.39 is 32.2 Å². The van der Waals surface area contributed by atoms with Crippen LogP contribution in [-0.2, 0) is 14.6 Å². The Balaban J connectivity index is 2.17. The maximum atomic E-state index is 13.4. The third kappa shape index (κ3) is 2.69. The number of halogens is 1. The van der Waals surface area contributed by atoms with Crippen molar-refractivity contribution >= 4 is 15.7 Å². The van der Waals surface area contributed by atoms with Crippen LogP contribution in [0, 0.1) is 5.82 Å². The Labute approximate surface area is 105 Å². The minimum atomic E-state index is -3.89. The van der Waals surface area contributed by atoms with Crippen LogP contribution in [0.15, 0.2) is 29.2 Å². The van der Waals surface area contributed by atoms with Gasteiger partial charge >= 0.3 is 0 Å². The second-order valence-electron chi connectivity index (χ2n) is 4.28. The molecule has 1 heterocycles. The highest BCUT2D eigenvalue weighted by molar-refractivity contribution is 7.92. The van der Waals surface area contributed by atoms with Crippen molar-refractivity contribution in [1.82, 2.24) is 4.90 Å². The van der Waals surface area contributed by atoms with E-state index in [2.05, 4.69) is 0 Å². The molecule has 1 amide bonds. The number of sulfone groups is 1. The highest BCUT2D eigenvalue weighted by Gasteiger charge is 2.26. The number of carbonyl (C=O) groups excluding carboxylic acids is 1. The van der Waals surface area contributed by atoms with Crippen LogP contribution in [0.1, 0.15) is 12.8 Å². The molecule has 6 heteroatoms. The van der Waals surface area contributed by atoms with Crippen molar-refractivity contribution in [2.24, 2.45) is 0 Å². The third-order valence-corrected chi connectivity index (χ3v) is 4.57. The predicted octanol–water partition coefficient (Wildman–Crippen LogP) is 1.22. The van der Waals surface area contributed by atoms with E-state index in [1.165, 1.54) is 23.1 Å². The second kappa shape index (κ2) is 5.06. The van der Waals surface area contributed by atoms with Crippen molar-refractivity contribution in [3.05, 3.63) is 30.1 Å². The van der Waals surface area contributed by atoms with Gasteiger partial charge in [-0.3, -0.25) is 4.79 Å². The molecule has 2 rings (SSSR count). The summed E-state index contributed by atoms with van der Waals surface area (Å²) in [5, 5.41) is 0. The summed E-state index contributed by atoms with van der Waals surface area (Å²) in [4.78, 5) is 12.9. The van der Waals surface area contributed by atoms with Crippen molar-refractivity contribution in [1.29, 1.82) is 0 Å². The molecule has 98 valence electrons. The lowest BCUT2D eigenvalue weighted by molar-refractivity contribution is -0.127. The molecule has 0 aromatic heterocycles. The van der Waals surface area contributed by atoms with Crippen molar-refractivity contribution in [3.63, 3.8) is 0 Å². The number of amides is 1. The minimum absolute atomic E-state index is 0.405. The van der Waals surface area contributed by atoms with E-state index in [1.54, 1.807) is 0 Å². The molecule has 1 saturated heterocycles. The quantitative estimate of drug-likeness (QED) is 0.830. The highest BCUT2D eigenvalue weighted by atomic mass is 32.2. The molecular weight excluding hydrogens is 257 g/mol. The number of nitrogens with zero attached hydrogens (tertiary/aromatic N) is 1. The summed E-state index contributed by atoms with van der Waals surface area (Å²) in [5.74, 6) is -1.92. The smallest absolute Gasteiger partial charge is 0.238 e. The van der Waals surface area contributed by atoms with Gasteiger partial charge in [0.15, 0.2) is 9.84 Å². The molecular formula is C12H14FNO3S. The first-order valence-corrected chi connectivity index (χ1v) is 7.41. The van der Waals surface area contributed by atoms with E-state index in [4.69, 9.17) is 0 Å². The van der Waals surface area contributed by atoms with Crippen LogP contribution < -0.4 is 0 Å².